The van der Waals surface area contributed by atoms with Gasteiger partial charge in [0.15, 0.2) is 5.96 Å². The van der Waals surface area contributed by atoms with E-state index in [0.717, 1.165) is 44.3 Å². The predicted octanol–water partition coefficient (Wildman–Crippen LogP) is 3.65. The average molecular weight is 541 g/mol. The number of hydrogen-bond acceptors (Lipinski definition) is 6. The Hall–Kier alpha value is -4.00. The van der Waals surface area contributed by atoms with Gasteiger partial charge in [-0.1, -0.05) is 6.07 Å². The predicted molar refractivity (Wildman–Crippen MR) is 136 cm³/mol. The number of carbonyl (C=O) groups is 2. The molecule has 0 bridgehead atoms. The largest absolute Gasteiger partial charge is 0.497 e. The van der Waals surface area contributed by atoms with Crippen molar-refractivity contribution >= 4 is 29.3 Å². The highest BCUT2D eigenvalue weighted by Crippen LogP contribution is 2.21. The lowest BCUT2D eigenvalue weighted by Gasteiger charge is -2.37. The number of carboxylic acid groups (broad SMARTS) is 2. The molecule has 2 aromatic rings. The summed E-state index contributed by atoms with van der Waals surface area (Å²) in [5, 5.41) is 19.7. The fraction of sp³-hybridized carbons (Fsp3) is 0.400. The molecule has 3 N–H and O–H groups in total. The molecular formula is C25H31F3N4O6. The lowest BCUT2D eigenvalue weighted by Crippen LogP contribution is -2.50. The third kappa shape index (κ3) is 9.81. The molecule has 0 saturated carbocycles. The molecule has 1 aliphatic heterocycles. The molecule has 1 heterocycles. The number of aliphatic carboxylic acids is 1. The molecule has 208 valence electrons. The minimum atomic E-state index is -5.08. The Morgan fingerprint density at radius 2 is 1.66 bits per heavy atom. The number of guanidine groups is 1. The van der Waals surface area contributed by atoms with Crippen molar-refractivity contribution in [2.45, 2.75) is 12.6 Å². The van der Waals surface area contributed by atoms with Crippen LogP contribution in [0.15, 0.2) is 53.5 Å². The van der Waals surface area contributed by atoms with E-state index in [-0.39, 0.29) is 5.56 Å². The first-order chi connectivity index (χ1) is 18.0. The zero-order valence-corrected chi connectivity index (χ0v) is 21.1. The third-order valence-corrected chi connectivity index (χ3v) is 5.39. The van der Waals surface area contributed by atoms with Crippen LogP contribution in [0.1, 0.15) is 16.8 Å². The number of nitrogens with zero attached hydrogens (tertiary/aromatic N) is 3. The molecule has 38 heavy (non-hydrogen) atoms. The molecule has 0 aliphatic carbocycles. The van der Waals surface area contributed by atoms with E-state index < -0.39 is 18.1 Å². The molecule has 13 heteroatoms. The van der Waals surface area contributed by atoms with Crippen molar-refractivity contribution in [1.82, 2.24) is 4.90 Å². The maximum absolute atomic E-state index is 11.3. The van der Waals surface area contributed by atoms with Crippen LogP contribution in [-0.4, -0.2) is 92.7 Å². The average Bonchev–Trinajstić information content (AvgIpc) is 2.90. The van der Waals surface area contributed by atoms with E-state index in [2.05, 4.69) is 27.2 Å². The van der Waals surface area contributed by atoms with Crippen molar-refractivity contribution in [2.24, 2.45) is 4.99 Å². The van der Waals surface area contributed by atoms with E-state index in [4.69, 9.17) is 24.4 Å². The molecule has 0 amide bonds. The zero-order chi connectivity index (χ0) is 28.1. The van der Waals surface area contributed by atoms with Gasteiger partial charge in [0.25, 0.3) is 0 Å². The first kappa shape index (κ1) is 30.2. The summed E-state index contributed by atoms with van der Waals surface area (Å²) >= 11 is 0. The number of alkyl halides is 3. The van der Waals surface area contributed by atoms with Crippen LogP contribution in [0.3, 0.4) is 0 Å². The Kier molecular flexibility index (Phi) is 11.7. The van der Waals surface area contributed by atoms with Crippen molar-refractivity contribution in [1.29, 1.82) is 0 Å². The summed E-state index contributed by atoms with van der Waals surface area (Å²) in [6.07, 6.45) is -4.26. The first-order valence-corrected chi connectivity index (χ1v) is 11.6. The Bertz CT molecular complexity index is 1070. The van der Waals surface area contributed by atoms with Gasteiger partial charge in [0.05, 0.1) is 12.7 Å². The summed E-state index contributed by atoms with van der Waals surface area (Å²) in [7, 11) is 3.35. The highest BCUT2D eigenvalue weighted by Gasteiger charge is 2.38. The summed E-state index contributed by atoms with van der Waals surface area (Å²) in [4.78, 5) is 29.5. The highest BCUT2D eigenvalue weighted by atomic mass is 19.4. The number of benzene rings is 2. The van der Waals surface area contributed by atoms with Crippen LogP contribution in [0.5, 0.6) is 5.75 Å². The molecule has 0 radical (unpaired) electrons. The lowest BCUT2D eigenvalue weighted by atomic mass is 10.2. The number of aliphatic imine (C=N–C) groups is 1. The number of methoxy groups -OCH3 is 2. The highest BCUT2D eigenvalue weighted by molar-refractivity contribution is 5.96. The number of nitrogens with one attached hydrogen (secondary N) is 1. The molecular weight excluding hydrogens is 509 g/mol. The minimum absolute atomic E-state index is 0.244. The fourth-order valence-electron chi connectivity index (χ4n) is 3.44. The molecule has 1 saturated heterocycles. The van der Waals surface area contributed by atoms with E-state index in [1.807, 2.05) is 18.2 Å². The van der Waals surface area contributed by atoms with Crippen molar-refractivity contribution in [3.63, 3.8) is 0 Å². The standard InChI is InChI=1S/C23H30N4O4.C2HF3O2/c1-30-16-4-11-24-23(25-19-6-3-5-18(17-19)22(28)29)27-14-12-26(13-15-27)20-7-9-21(31-2)10-8-20;3-2(4,5)1(6)7/h3,5-10,17H,4,11-16H2,1-2H3,(H,24,25)(H,28,29);(H,6,7). The normalized spacial score (nSPS) is 13.9. The number of ether oxygens (including phenoxy) is 2. The molecule has 0 spiro atoms. The number of rotatable bonds is 8. The van der Waals surface area contributed by atoms with Crippen LogP contribution in [0, 0.1) is 0 Å². The van der Waals surface area contributed by atoms with Gasteiger partial charge in [-0.05, 0) is 48.9 Å². The van der Waals surface area contributed by atoms with E-state index in [1.54, 1.807) is 32.4 Å². The molecule has 0 aromatic heterocycles. The first-order valence-electron chi connectivity index (χ1n) is 11.6. The summed E-state index contributed by atoms with van der Waals surface area (Å²) in [5.41, 5.74) is 2.12. The Labute approximate surface area is 218 Å². The number of halogens is 3. The third-order valence-electron chi connectivity index (χ3n) is 5.39. The quantitative estimate of drug-likeness (QED) is 0.261. The maximum atomic E-state index is 11.3. The van der Waals surface area contributed by atoms with Crippen LogP contribution in [0.2, 0.25) is 0 Å². The van der Waals surface area contributed by atoms with Gasteiger partial charge in [0, 0.05) is 57.8 Å². The van der Waals surface area contributed by atoms with Gasteiger partial charge in [-0.25, -0.2) is 9.59 Å². The second kappa shape index (κ2) is 14.7. The second-order valence-corrected chi connectivity index (χ2v) is 8.04. The van der Waals surface area contributed by atoms with E-state index in [1.165, 1.54) is 5.69 Å². The molecule has 3 rings (SSSR count). The van der Waals surface area contributed by atoms with E-state index in [0.29, 0.717) is 18.8 Å². The van der Waals surface area contributed by atoms with Crippen molar-refractivity contribution < 1.29 is 42.4 Å². The van der Waals surface area contributed by atoms with E-state index in [9.17, 15) is 23.1 Å². The molecule has 1 fully saturated rings. The molecule has 0 unspecified atom stereocenters. The van der Waals surface area contributed by atoms with Crippen LogP contribution >= 0.6 is 0 Å². The zero-order valence-electron chi connectivity index (χ0n) is 21.1. The number of aromatic carboxylic acids is 1. The summed E-state index contributed by atoms with van der Waals surface area (Å²) < 4.78 is 42.1. The van der Waals surface area contributed by atoms with Gasteiger partial charge in [0.1, 0.15) is 5.75 Å². The van der Waals surface area contributed by atoms with Crippen LogP contribution < -0.4 is 15.0 Å². The summed E-state index contributed by atoms with van der Waals surface area (Å²) in [5.74, 6) is -2.10. The lowest BCUT2D eigenvalue weighted by molar-refractivity contribution is -0.192. The van der Waals surface area contributed by atoms with Crippen LogP contribution in [-0.2, 0) is 9.53 Å². The Balaban J connectivity index is 0.000000638. The van der Waals surface area contributed by atoms with Gasteiger partial charge in [-0.3, -0.25) is 4.99 Å². The minimum Gasteiger partial charge on any atom is -0.497 e. The van der Waals surface area contributed by atoms with Crippen LogP contribution in [0.4, 0.5) is 24.5 Å². The van der Waals surface area contributed by atoms with Crippen molar-refractivity contribution in [3.8, 4) is 5.75 Å². The topological polar surface area (TPSA) is 124 Å². The van der Waals surface area contributed by atoms with Gasteiger partial charge in [-0.15, -0.1) is 0 Å². The van der Waals surface area contributed by atoms with Gasteiger partial charge < -0.3 is 34.8 Å². The number of anilines is 2. The van der Waals surface area contributed by atoms with Gasteiger partial charge in [-0.2, -0.15) is 13.2 Å². The molecule has 2 aromatic carbocycles. The van der Waals surface area contributed by atoms with Crippen molar-refractivity contribution in [3.05, 3.63) is 54.1 Å². The fourth-order valence-corrected chi connectivity index (χ4v) is 3.44. The van der Waals surface area contributed by atoms with Gasteiger partial charge in [0.2, 0.25) is 0 Å². The van der Waals surface area contributed by atoms with Crippen LogP contribution in [0.25, 0.3) is 0 Å². The van der Waals surface area contributed by atoms with Crippen molar-refractivity contribution in [2.75, 3.05) is 63.8 Å². The van der Waals surface area contributed by atoms with Gasteiger partial charge >= 0.3 is 18.1 Å². The second-order valence-electron chi connectivity index (χ2n) is 8.04. The summed E-state index contributed by atoms with van der Waals surface area (Å²) in [6, 6.07) is 14.9. The summed E-state index contributed by atoms with van der Waals surface area (Å²) in [6.45, 7) is 4.62. The molecule has 1 aliphatic rings. The maximum Gasteiger partial charge on any atom is 0.490 e. The Morgan fingerprint density at radius 1 is 1.03 bits per heavy atom. The van der Waals surface area contributed by atoms with E-state index >= 15 is 0 Å². The SMILES string of the molecule is COCCCN=C(Nc1cccc(C(=O)O)c1)N1CCN(c2ccc(OC)cc2)CC1.O=C(O)C(F)(F)F. The monoisotopic (exact) mass is 540 g/mol. The number of hydrogen-bond donors (Lipinski definition) is 3. The number of piperazine rings is 1. The smallest absolute Gasteiger partial charge is 0.490 e. The molecule has 0 atom stereocenters. The molecule has 10 nitrogen and oxygen atoms in total. The number of carboxylic acids is 2. The Morgan fingerprint density at radius 3 is 2.18 bits per heavy atom.